The van der Waals surface area contributed by atoms with E-state index in [0.717, 1.165) is 73.8 Å². The Morgan fingerprint density at radius 2 is 1.52 bits per heavy atom. The van der Waals surface area contributed by atoms with E-state index in [1.165, 1.54) is 30.4 Å². The lowest BCUT2D eigenvalue weighted by Crippen LogP contribution is -2.39. The first-order chi connectivity index (χ1) is 11.3. The Labute approximate surface area is 143 Å². The number of nitrogens with two attached hydrogens (primary N) is 1. The molecule has 3 aliphatic rings. The van der Waals surface area contributed by atoms with E-state index in [4.69, 9.17) is 26.8 Å². The molecule has 1 aromatic carbocycles. The van der Waals surface area contributed by atoms with Crippen LogP contribution in [-0.2, 0) is 18.3 Å². The van der Waals surface area contributed by atoms with Crippen LogP contribution in [-0.4, -0.2) is 19.8 Å². The van der Waals surface area contributed by atoms with Crippen LogP contribution in [0.25, 0.3) is 0 Å². The Kier molecular flexibility index (Phi) is 4.19. The molecule has 4 heteroatoms. The fourth-order valence-electron chi connectivity index (χ4n) is 4.73. The van der Waals surface area contributed by atoms with Crippen LogP contribution in [0.1, 0.15) is 61.6 Å². The smallest absolute Gasteiger partial charge is 0.141 e. The topological polar surface area (TPSA) is 44.5 Å². The van der Waals surface area contributed by atoms with E-state index in [2.05, 4.69) is 0 Å². The van der Waals surface area contributed by atoms with E-state index in [1.807, 2.05) is 0 Å². The summed E-state index contributed by atoms with van der Waals surface area (Å²) in [7, 11) is 0. The molecular weight excluding hydrogens is 310 g/mol. The molecule has 0 spiro atoms. The lowest BCUT2D eigenvalue weighted by molar-refractivity contribution is 0.241. The van der Waals surface area contributed by atoms with Gasteiger partial charge >= 0.3 is 0 Å². The van der Waals surface area contributed by atoms with Crippen molar-refractivity contribution < 1.29 is 9.47 Å². The minimum absolute atomic E-state index is 0.0506. The maximum absolute atomic E-state index is 6.71. The molecule has 0 radical (unpaired) electrons. The van der Waals surface area contributed by atoms with Crippen molar-refractivity contribution in [3.8, 4) is 11.5 Å². The molecule has 0 amide bonds. The Balaban J connectivity index is 1.96. The number of fused-ring (bicyclic) bond motifs is 2. The van der Waals surface area contributed by atoms with Crippen molar-refractivity contribution in [1.82, 2.24) is 0 Å². The summed E-state index contributed by atoms with van der Waals surface area (Å²) in [6.45, 7) is 2.24. The van der Waals surface area contributed by atoms with Gasteiger partial charge in [-0.1, -0.05) is 30.9 Å². The van der Waals surface area contributed by atoms with Crippen LogP contribution in [0.5, 0.6) is 11.5 Å². The maximum Gasteiger partial charge on any atom is 0.141 e. The average molecular weight is 336 g/mol. The van der Waals surface area contributed by atoms with E-state index in [1.54, 1.807) is 0 Å². The Hall–Kier alpha value is -0.930. The van der Waals surface area contributed by atoms with Crippen LogP contribution in [0.4, 0.5) is 0 Å². The quantitative estimate of drug-likeness (QED) is 0.883. The van der Waals surface area contributed by atoms with Crippen molar-refractivity contribution in [2.75, 3.05) is 19.8 Å². The second-order valence-corrected chi connectivity index (χ2v) is 7.63. The number of hydrogen-bond donors (Lipinski definition) is 1. The van der Waals surface area contributed by atoms with E-state index in [9.17, 15) is 0 Å². The number of benzene rings is 1. The van der Waals surface area contributed by atoms with Gasteiger partial charge in [0.25, 0.3) is 0 Å². The van der Waals surface area contributed by atoms with Crippen LogP contribution in [0, 0.1) is 0 Å². The SMILES string of the molecule is NCC1(c2c3c(c(Cl)c4c2OCCC4)OCCC3)CCCCC1. The Morgan fingerprint density at radius 1 is 0.870 bits per heavy atom. The third-order valence-electron chi connectivity index (χ3n) is 5.91. The lowest BCUT2D eigenvalue weighted by atomic mass is 9.66. The third-order valence-corrected chi connectivity index (χ3v) is 6.31. The third kappa shape index (κ3) is 2.44. The highest BCUT2D eigenvalue weighted by Gasteiger charge is 2.41. The van der Waals surface area contributed by atoms with Gasteiger partial charge in [-0.2, -0.15) is 0 Å². The minimum Gasteiger partial charge on any atom is -0.493 e. The number of ether oxygens (including phenoxy) is 2. The van der Waals surface area contributed by atoms with Crippen LogP contribution in [0.2, 0.25) is 5.02 Å². The molecule has 4 rings (SSSR count). The summed E-state index contributed by atoms with van der Waals surface area (Å²) >= 11 is 6.71. The number of rotatable bonds is 2. The van der Waals surface area contributed by atoms with Gasteiger partial charge in [-0.25, -0.2) is 0 Å². The van der Waals surface area contributed by atoms with E-state index < -0.39 is 0 Å². The first kappa shape index (κ1) is 15.6. The van der Waals surface area contributed by atoms with E-state index >= 15 is 0 Å². The molecule has 0 bridgehead atoms. The maximum atomic E-state index is 6.71. The molecule has 0 aromatic heterocycles. The van der Waals surface area contributed by atoms with Crippen LogP contribution in [0.3, 0.4) is 0 Å². The molecule has 1 aliphatic carbocycles. The van der Waals surface area contributed by atoms with Gasteiger partial charge in [-0.15, -0.1) is 0 Å². The van der Waals surface area contributed by atoms with Crippen molar-refractivity contribution in [3.63, 3.8) is 0 Å². The second kappa shape index (κ2) is 6.18. The second-order valence-electron chi connectivity index (χ2n) is 7.25. The van der Waals surface area contributed by atoms with Gasteiger partial charge in [0.2, 0.25) is 0 Å². The summed E-state index contributed by atoms with van der Waals surface area (Å²) < 4.78 is 12.2. The van der Waals surface area contributed by atoms with Gasteiger partial charge in [0.1, 0.15) is 11.5 Å². The van der Waals surface area contributed by atoms with Crippen molar-refractivity contribution in [2.24, 2.45) is 5.73 Å². The normalized spacial score (nSPS) is 22.5. The zero-order valence-electron chi connectivity index (χ0n) is 13.8. The van der Waals surface area contributed by atoms with Crippen LogP contribution in [0.15, 0.2) is 0 Å². The van der Waals surface area contributed by atoms with Gasteiger partial charge in [-0.3, -0.25) is 0 Å². The standard InChI is InChI=1S/C19H26ClNO2/c20-16-14-7-5-10-22-17(14)15(13-6-4-11-23-18(13)16)19(12-21)8-2-1-3-9-19/h1-12,21H2. The molecule has 23 heavy (non-hydrogen) atoms. The number of halogens is 1. The fraction of sp³-hybridized carbons (Fsp3) is 0.684. The lowest BCUT2D eigenvalue weighted by Gasteiger charge is -2.42. The molecule has 1 fully saturated rings. The monoisotopic (exact) mass is 335 g/mol. The predicted molar refractivity (Wildman–Crippen MR) is 92.9 cm³/mol. The van der Waals surface area contributed by atoms with Crippen molar-refractivity contribution in [2.45, 2.75) is 63.2 Å². The van der Waals surface area contributed by atoms with Crippen LogP contribution < -0.4 is 15.2 Å². The highest BCUT2D eigenvalue weighted by Crippen LogP contribution is 2.53. The average Bonchev–Trinajstić information content (AvgIpc) is 2.63. The number of hydrogen-bond acceptors (Lipinski definition) is 3. The highest BCUT2D eigenvalue weighted by atomic mass is 35.5. The molecule has 126 valence electrons. The van der Waals surface area contributed by atoms with E-state index in [-0.39, 0.29) is 5.41 Å². The molecule has 3 nitrogen and oxygen atoms in total. The van der Waals surface area contributed by atoms with Gasteiger partial charge in [0, 0.05) is 28.7 Å². The molecular formula is C19H26ClNO2. The summed E-state index contributed by atoms with van der Waals surface area (Å²) in [5.74, 6) is 1.98. The Bertz CT molecular complexity index is 571. The molecule has 2 N–H and O–H groups in total. The molecule has 2 aliphatic heterocycles. The van der Waals surface area contributed by atoms with Gasteiger partial charge < -0.3 is 15.2 Å². The predicted octanol–water partition coefficient (Wildman–Crippen LogP) is 4.15. The zero-order chi connectivity index (χ0) is 15.9. The highest BCUT2D eigenvalue weighted by molar-refractivity contribution is 6.33. The first-order valence-electron chi connectivity index (χ1n) is 9.10. The van der Waals surface area contributed by atoms with Crippen LogP contribution >= 0.6 is 11.6 Å². The molecule has 0 atom stereocenters. The molecule has 2 heterocycles. The molecule has 1 aromatic rings. The van der Waals surface area contributed by atoms with E-state index in [0.29, 0.717) is 6.54 Å². The summed E-state index contributed by atoms with van der Waals surface area (Å²) in [6, 6.07) is 0. The molecule has 1 saturated carbocycles. The van der Waals surface area contributed by atoms with Gasteiger partial charge in [0.05, 0.1) is 18.2 Å². The summed E-state index contributed by atoms with van der Waals surface area (Å²) in [4.78, 5) is 0. The summed E-state index contributed by atoms with van der Waals surface area (Å²) in [5.41, 5.74) is 10.2. The molecule has 0 saturated heterocycles. The first-order valence-corrected chi connectivity index (χ1v) is 9.48. The fourth-order valence-corrected chi connectivity index (χ4v) is 5.08. The largest absolute Gasteiger partial charge is 0.493 e. The zero-order valence-corrected chi connectivity index (χ0v) is 14.5. The molecule has 0 unspecified atom stereocenters. The van der Waals surface area contributed by atoms with Crippen molar-refractivity contribution in [3.05, 3.63) is 21.7 Å². The summed E-state index contributed by atoms with van der Waals surface area (Å²) in [5, 5.41) is 0.793. The van der Waals surface area contributed by atoms with Gasteiger partial charge in [-0.05, 0) is 38.5 Å². The minimum atomic E-state index is 0.0506. The summed E-state index contributed by atoms with van der Waals surface area (Å²) in [6.07, 6.45) is 10.2. The van der Waals surface area contributed by atoms with Gasteiger partial charge in [0.15, 0.2) is 0 Å². The Morgan fingerprint density at radius 3 is 2.22 bits per heavy atom. The van der Waals surface area contributed by atoms with Crippen molar-refractivity contribution >= 4 is 11.6 Å². The van der Waals surface area contributed by atoms with Crippen molar-refractivity contribution in [1.29, 1.82) is 0 Å².